The summed E-state index contributed by atoms with van der Waals surface area (Å²) in [5.41, 5.74) is 0.864. The van der Waals surface area contributed by atoms with Crippen LogP contribution in [0.15, 0.2) is 30.5 Å². The molecule has 2 aromatic rings. The Labute approximate surface area is 120 Å². The molecule has 0 aliphatic heterocycles. The number of aromatic nitrogens is 2. The van der Waals surface area contributed by atoms with E-state index in [1.54, 1.807) is 18.2 Å². The summed E-state index contributed by atoms with van der Waals surface area (Å²) in [4.78, 5) is 12.1. The van der Waals surface area contributed by atoms with E-state index in [4.69, 9.17) is 26.3 Å². The van der Waals surface area contributed by atoms with Gasteiger partial charge in [-0.15, -0.1) is 4.85 Å². The Morgan fingerprint density at radius 2 is 2.20 bits per heavy atom. The topological polar surface area (TPSA) is 73.6 Å². The predicted octanol–water partition coefficient (Wildman–Crippen LogP) is 2.48. The highest BCUT2D eigenvalue weighted by Crippen LogP contribution is 2.25. The summed E-state index contributed by atoms with van der Waals surface area (Å²) in [6.07, 6.45) is 1.33. The van der Waals surface area contributed by atoms with Gasteiger partial charge in [-0.25, -0.2) is 0 Å². The molecule has 1 N–H and O–H groups in total. The molecule has 0 aliphatic carbocycles. The van der Waals surface area contributed by atoms with E-state index < -0.39 is 5.24 Å². The second-order valence-electron chi connectivity index (χ2n) is 3.85. The number of nitrogens with zero attached hydrogens (tertiary/aromatic N) is 2. The first kappa shape index (κ1) is 14.2. The Morgan fingerprint density at radius 1 is 1.40 bits per heavy atom. The van der Waals surface area contributed by atoms with E-state index in [0.717, 1.165) is 0 Å². The average molecular weight is 297 g/mol. The molecule has 0 saturated heterocycles. The van der Waals surface area contributed by atoms with Crippen molar-refractivity contribution in [3.05, 3.63) is 41.6 Å². The molecule has 0 spiro atoms. The Bertz CT molecular complexity index is 612. The highest BCUT2D eigenvalue weighted by atomic mass is 35.5. The number of halogens is 1. The fourth-order valence-electron chi connectivity index (χ4n) is 1.71. The normalized spacial score (nSPS) is 10.3. The fraction of sp³-hybridized carbons (Fsp3) is 0.231. The van der Waals surface area contributed by atoms with E-state index in [2.05, 4.69) is 5.10 Å². The van der Waals surface area contributed by atoms with Gasteiger partial charge in [0.25, 0.3) is 5.24 Å². The summed E-state index contributed by atoms with van der Waals surface area (Å²) < 4.78 is 10.9. The van der Waals surface area contributed by atoms with Crippen LogP contribution in [0.4, 0.5) is 0 Å². The molecular formula is C13H13ClN2O4. The van der Waals surface area contributed by atoms with Gasteiger partial charge < -0.3 is 14.7 Å². The molecule has 1 aromatic carbocycles. The van der Waals surface area contributed by atoms with Gasteiger partial charge in [0.1, 0.15) is 12.4 Å². The molecule has 1 aromatic heterocycles. The Hall–Kier alpha value is -2.21. The second-order valence-corrected chi connectivity index (χ2v) is 4.20. The average Bonchev–Trinajstić information content (AvgIpc) is 2.83. The van der Waals surface area contributed by atoms with Crippen LogP contribution in [-0.2, 0) is 6.61 Å². The second kappa shape index (κ2) is 6.29. The number of hydrogen-bond donors (Lipinski definition) is 1. The fourth-order valence-corrected chi connectivity index (χ4v) is 1.89. The van der Waals surface area contributed by atoms with E-state index in [0.29, 0.717) is 28.3 Å². The van der Waals surface area contributed by atoms with Gasteiger partial charge in [0.15, 0.2) is 0 Å². The van der Waals surface area contributed by atoms with Crippen LogP contribution in [0.5, 0.6) is 11.6 Å². The lowest BCUT2D eigenvalue weighted by Gasteiger charge is -2.13. The summed E-state index contributed by atoms with van der Waals surface area (Å²) >= 11 is 5.56. The molecule has 0 amide bonds. The molecule has 0 unspecified atom stereocenters. The van der Waals surface area contributed by atoms with E-state index in [-0.39, 0.29) is 12.5 Å². The minimum absolute atomic E-state index is 0.0565. The first-order valence-electron chi connectivity index (χ1n) is 5.94. The lowest BCUT2D eigenvalue weighted by molar-refractivity contribution is 0.107. The standard InChI is InChI=1S/C13H13ClN2O4/c1-2-19-11-5-3-4-9(13(14)17)10(11)8-20-12-6-7-16(18)15-12/h3-7,18H,2,8H2,1H3. The van der Waals surface area contributed by atoms with Crippen LogP contribution in [-0.4, -0.2) is 27.0 Å². The van der Waals surface area contributed by atoms with Crippen molar-refractivity contribution in [1.29, 1.82) is 0 Å². The van der Waals surface area contributed by atoms with Crippen molar-refractivity contribution >= 4 is 16.8 Å². The monoisotopic (exact) mass is 296 g/mol. The molecule has 0 aliphatic rings. The Balaban J connectivity index is 2.25. The maximum Gasteiger partial charge on any atom is 0.252 e. The van der Waals surface area contributed by atoms with Gasteiger partial charge in [0, 0.05) is 17.2 Å². The molecule has 0 saturated carbocycles. The van der Waals surface area contributed by atoms with Gasteiger partial charge in [0.05, 0.1) is 12.8 Å². The molecule has 2 rings (SSSR count). The summed E-state index contributed by atoms with van der Waals surface area (Å²) in [7, 11) is 0. The van der Waals surface area contributed by atoms with Crippen LogP contribution in [0, 0.1) is 0 Å². The summed E-state index contributed by atoms with van der Waals surface area (Å²) in [5, 5.41) is 12.1. The molecule has 20 heavy (non-hydrogen) atoms. The Kier molecular flexibility index (Phi) is 4.47. The minimum atomic E-state index is -0.585. The first-order valence-corrected chi connectivity index (χ1v) is 6.32. The quantitative estimate of drug-likeness (QED) is 0.655. The number of carbonyl (C=O) groups is 1. The van der Waals surface area contributed by atoms with Gasteiger partial charge in [-0.2, -0.15) is 0 Å². The van der Waals surface area contributed by atoms with E-state index in [9.17, 15) is 4.79 Å². The van der Waals surface area contributed by atoms with Gasteiger partial charge in [-0.3, -0.25) is 4.79 Å². The number of ether oxygens (including phenoxy) is 2. The molecular weight excluding hydrogens is 284 g/mol. The molecule has 0 atom stereocenters. The van der Waals surface area contributed by atoms with Crippen molar-refractivity contribution in [2.24, 2.45) is 0 Å². The third-order valence-corrected chi connectivity index (χ3v) is 2.76. The van der Waals surface area contributed by atoms with Crippen molar-refractivity contribution < 1.29 is 19.5 Å². The van der Waals surface area contributed by atoms with Crippen LogP contribution >= 0.6 is 11.6 Å². The molecule has 0 radical (unpaired) electrons. The third-order valence-electron chi connectivity index (χ3n) is 2.56. The SMILES string of the molecule is CCOc1cccc(C(=O)Cl)c1COc1ccn(O)n1. The zero-order valence-corrected chi connectivity index (χ0v) is 11.5. The van der Waals surface area contributed by atoms with Crippen LogP contribution < -0.4 is 9.47 Å². The lowest BCUT2D eigenvalue weighted by atomic mass is 10.1. The number of rotatable bonds is 6. The number of hydrogen-bond acceptors (Lipinski definition) is 5. The number of carbonyl (C=O) groups excluding carboxylic acids is 1. The van der Waals surface area contributed by atoms with Crippen LogP contribution in [0.2, 0.25) is 0 Å². The molecule has 0 bridgehead atoms. The van der Waals surface area contributed by atoms with E-state index in [1.807, 2.05) is 6.92 Å². The van der Waals surface area contributed by atoms with Gasteiger partial charge in [-0.05, 0) is 30.7 Å². The molecule has 1 heterocycles. The van der Waals surface area contributed by atoms with Gasteiger partial charge >= 0.3 is 0 Å². The largest absolute Gasteiger partial charge is 0.493 e. The maximum absolute atomic E-state index is 11.4. The van der Waals surface area contributed by atoms with Crippen molar-refractivity contribution in [2.75, 3.05) is 6.61 Å². The Morgan fingerprint density at radius 3 is 2.80 bits per heavy atom. The van der Waals surface area contributed by atoms with Crippen molar-refractivity contribution in [1.82, 2.24) is 9.94 Å². The zero-order valence-electron chi connectivity index (χ0n) is 10.7. The number of benzene rings is 1. The minimum Gasteiger partial charge on any atom is -0.493 e. The molecule has 106 valence electrons. The zero-order chi connectivity index (χ0) is 14.5. The van der Waals surface area contributed by atoms with Crippen LogP contribution in [0.3, 0.4) is 0 Å². The van der Waals surface area contributed by atoms with E-state index >= 15 is 0 Å². The molecule has 6 nitrogen and oxygen atoms in total. The van der Waals surface area contributed by atoms with Crippen LogP contribution in [0.25, 0.3) is 0 Å². The third kappa shape index (κ3) is 3.21. The van der Waals surface area contributed by atoms with Gasteiger partial charge in [0.2, 0.25) is 5.88 Å². The van der Waals surface area contributed by atoms with Crippen molar-refractivity contribution in [2.45, 2.75) is 13.5 Å². The predicted molar refractivity (Wildman–Crippen MR) is 71.5 cm³/mol. The van der Waals surface area contributed by atoms with Crippen LogP contribution in [0.1, 0.15) is 22.8 Å². The highest BCUT2D eigenvalue weighted by molar-refractivity contribution is 6.68. The van der Waals surface area contributed by atoms with E-state index in [1.165, 1.54) is 12.3 Å². The lowest BCUT2D eigenvalue weighted by Crippen LogP contribution is -2.07. The first-order chi connectivity index (χ1) is 9.61. The van der Waals surface area contributed by atoms with Gasteiger partial charge in [-0.1, -0.05) is 11.2 Å². The summed E-state index contributed by atoms with van der Waals surface area (Å²) in [6.45, 7) is 2.35. The molecule has 7 heteroatoms. The van der Waals surface area contributed by atoms with Crippen molar-refractivity contribution in [3.63, 3.8) is 0 Å². The smallest absolute Gasteiger partial charge is 0.252 e. The highest BCUT2D eigenvalue weighted by Gasteiger charge is 2.15. The summed E-state index contributed by atoms with van der Waals surface area (Å²) in [6, 6.07) is 6.51. The molecule has 0 fully saturated rings. The van der Waals surface area contributed by atoms with Crippen molar-refractivity contribution in [3.8, 4) is 11.6 Å². The maximum atomic E-state index is 11.4. The summed E-state index contributed by atoms with van der Waals surface area (Å²) in [5.74, 6) is 0.759.